The number of nitrogens with zero attached hydrogens (tertiary/aromatic N) is 1. The molecule has 1 saturated heterocycles. The van der Waals surface area contributed by atoms with E-state index in [0.717, 1.165) is 19.5 Å². The van der Waals surface area contributed by atoms with E-state index in [1.54, 1.807) is 0 Å². The van der Waals surface area contributed by atoms with E-state index in [1.165, 1.54) is 29.5 Å². The van der Waals surface area contributed by atoms with Gasteiger partial charge in [-0.05, 0) is 68.1 Å². The lowest BCUT2D eigenvalue weighted by atomic mass is 9.77. The van der Waals surface area contributed by atoms with Crippen molar-refractivity contribution in [3.8, 4) is 11.1 Å². The van der Waals surface area contributed by atoms with Crippen molar-refractivity contribution in [3.05, 3.63) is 60.2 Å². The largest absolute Gasteiger partial charge is 0.444 e. The summed E-state index contributed by atoms with van der Waals surface area (Å²) in [5.74, 6) is 0.528. The molecule has 0 unspecified atom stereocenters. The molecule has 1 spiro atoms. The summed E-state index contributed by atoms with van der Waals surface area (Å²) in [5.41, 5.74) is 3.76. The summed E-state index contributed by atoms with van der Waals surface area (Å²) < 4.78 is 5.60. The molecule has 0 N–H and O–H groups in total. The molecule has 3 heteroatoms. The average Bonchev–Trinajstić information content (AvgIpc) is 3.40. The lowest BCUT2D eigenvalue weighted by molar-refractivity contribution is 0.0122. The molecule has 0 radical (unpaired) electrons. The molecule has 0 aromatic heterocycles. The minimum atomic E-state index is -0.436. The van der Waals surface area contributed by atoms with E-state index in [4.69, 9.17) is 4.74 Å². The van der Waals surface area contributed by atoms with Gasteiger partial charge in [-0.15, -0.1) is 0 Å². The molecule has 1 heterocycles. The summed E-state index contributed by atoms with van der Waals surface area (Å²) in [6.07, 6.45) is 3.25. The Morgan fingerprint density at radius 1 is 1.04 bits per heavy atom. The Morgan fingerprint density at radius 3 is 2.41 bits per heavy atom. The van der Waals surface area contributed by atoms with Crippen LogP contribution in [0.2, 0.25) is 0 Å². The summed E-state index contributed by atoms with van der Waals surface area (Å²) >= 11 is 0. The van der Waals surface area contributed by atoms with Crippen molar-refractivity contribution in [1.82, 2.24) is 4.90 Å². The van der Waals surface area contributed by atoms with Gasteiger partial charge in [-0.1, -0.05) is 54.6 Å². The van der Waals surface area contributed by atoms with Crippen LogP contribution in [0.3, 0.4) is 0 Å². The minimum Gasteiger partial charge on any atom is -0.444 e. The topological polar surface area (TPSA) is 29.5 Å². The van der Waals surface area contributed by atoms with Gasteiger partial charge in [0.05, 0.1) is 0 Å². The van der Waals surface area contributed by atoms with Crippen LogP contribution in [0.15, 0.2) is 54.6 Å². The maximum absolute atomic E-state index is 12.5. The highest BCUT2D eigenvalue weighted by Crippen LogP contribution is 2.59. The van der Waals surface area contributed by atoms with Crippen LogP contribution in [-0.2, 0) is 4.74 Å². The van der Waals surface area contributed by atoms with E-state index in [2.05, 4.69) is 54.6 Å². The van der Waals surface area contributed by atoms with Crippen LogP contribution in [0.1, 0.15) is 51.5 Å². The molecular weight excluding hydrogens is 334 g/mol. The van der Waals surface area contributed by atoms with Crippen LogP contribution in [0.4, 0.5) is 4.79 Å². The van der Waals surface area contributed by atoms with Crippen LogP contribution in [0, 0.1) is 5.41 Å². The highest BCUT2D eigenvalue weighted by molar-refractivity contribution is 5.69. The van der Waals surface area contributed by atoms with Gasteiger partial charge in [0.15, 0.2) is 0 Å². The van der Waals surface area contributed by atoms with E-state index in [0.29, 0.717) is 5.92 Å². The van der Waals surface area contributed by atoms with Gasteiger partial charge >= 0.3 is 6.09 Å². The molecule has 1 saturated carbocycles. The van der Waals surface area contributed by atoms with Gasteiger partial charge in [0.1, 0.15) is 5.60 Å². The summed E-state index contributed by atoms with van der Waals surface area (Å²) in [7, 11) is 0. The maximum atomic E-state index is 12.5. The predicted octanol–water partition coefficient (Wildman–Crippen LogP) is 5.86. The predicted molar refractivity (Wildman–Crippen MR) is 109 cm³/mol. The fourth-order valence-corrected chi connectivity index (χ4v) is 4.40. The molecule has 1 amide bonds. The van der Waals surface area contributed by atoms with Gasteiger partial charge in [0.2, 0.25) is 0 Å². The van der Waals surface area contributed by atoms with Gasteiger partial charge in [-0.3, -0.25) is 0 Å². The quantitative estimate of drug-likeness (QED) is 0.669. The molecule has 1 atom stereocenters. The first kappa shape index (κ1) is 18.1. The number of carbonyl (C=O) groups excluding carboxylic acids is 1. The Bertz CT molecular complexity index is 818. The Labute approximate surface area is 162 Å². The number of hydrogen-bond acceptors (Lipinski definition) is 2. The number of piperidine rings is 1. The highest BCUT2D eigenvalue weighted by atomic mass is 16.6. The smallest absolute Gasteiger partial charge is 0.410 e. The number of hydrogen-bond donors (Lipinski definition) is 0. The lowest BCUT2D eigenvalue weighted by Crippen LogP contribution is -2.46. The van der Waals surface area contributed by atoms with Gasteiger partial charge < -0.3 is 9.64 Å². The number of likely N-dealkylation sites (tertiary alicyclic amines) is 1. The van der Waals surface area contributed by atoms with Gasteiger partial charge in [0, 0.05) is 13.1 Å². The van der Waals surface area contributed by atoms with E-state index >= 15 is 0 Å². The Morgan fingerprint density at radius 2 is 1.74 bits per heavy atom. The number of amides is 1. The molecule has 27 heavy (non-hydrogen) atoms. The second kappa shape index (κ2) is 6.70. The molecule has 2 aromatic carbocycles. The van der Waals surface area contributed by atoms with Crippen LogP contribution >= 0.6 is 0 Å². The standard InChI is InChI=1S/C24H29NO2/c1-23(2,3)27-22(26)25-15-12-21(24(17-25)13-14-24)20-11-7-10-19(16-20)18-8-5-4-6-9-18/h4-11,16,21H,12-15,17H2,1-3H3/t21-/m1/s1. The fourth-order valence-electron chi connectivity index (χ4n) is 4.40. The molecule has 0 bridgehead atoms. The second-order valence-corrected chi connectivity index (χ2v) is 9.10. The number of ether oxygens (including phenoxy) is 1. The summed E-state index contributed by atoms with van der Waals surface area (Å²) in [6, 6.07) is 19.5. The molecule has 142 valence electrons. The highest BCUT2D eigenvalue weighted by Gasteiger charge is 2.53. The molecule has 3 nitrogen and oxygen atoms in total. The van der Waals surface area contributed by atoms with Gasteiger partial charge in [-0.2, -0.15) is 0 Å². The maximum Gasteiger partial charge on any atom is 0.410 e. The van der Waals surface area contributed by atoms with Crippen molar-refractivity contribution in [3.63, 3.8) is 0 Å². The molecule has 1 aliphatic carbocycles. The zero-order chi connectivity index (χ0) is 19.1. The zero-order valence-corrected chi connectivity index (χ0v) is 16.6. The first-order chi connectivity index (χ1) is 12.9. The molecule has 4 rings (SSSR count). The Balaban J connectivity index is 1.53. The zero-order valence-electron chi connectivity index (χ0n) is 16.6. The van der Waals surface area contributed by atoms with E-state index in [-0.39, 0.29) is 11.5 Å². The van der Waals surface area contributed by atoms with Crippen LogP contribution in [0.25, 0.3) is 11.1 Å². The molecule has 1 aliphatic heterocycles. The van der Waals surface area contributed by atoms with Crippen LogP contribution < -0.4 is 0 Å². The van der Waals surface area contributed by atoms with Crippen molar-refractivity contribution in [2.75, 3.05) is 13.1 Å². The molecular formula is C24H29NO2. The van der Waals surface area contributed by atoms with Gasteiger partial charge in [-0.25, -0.2) is 4.79 Å². The third-order valence-electron chi connectivity index (χ3n) is 5.87. The first-order valence-electron chi connectivity index (χ1n) is 10.00. The summed E-state index contributed by atoms with van der Waals surface area (Å²) in [4.78, 5) is 14.4. The molecule has 2 aromatic rings. The first-order valence-corrected chi connectivity index (χ1v) is 10.00. The Hall–Kier alpha value is -2.29. The van der Waals surface area contributed by atoms with Crippen LogP contribution in [0.5, 0.6) is 0 Å². The van der Waals surface area contributed by atoms with E-state index in [1.807, 2.05) is 25.7 Å². The monoisotopic (exact) mass is 363 g/mol. The fraction of sp³-hybridized carbons (Fsp3) is 0.458. The van der Waals surface area contributed by atoms with Gasteiger partial charge in [0.25, 0.3) is 0 Å². The van der Waals surface area contributed by atoms with Crippen molar-refractivity contribution in [2.24, 2.45) is 5.41 Å². The minimum absolute atomic E-state index is 0.162. The van der Waals surface area contributed by atoms with Crippen molar-refractivity contribution < 1.29 is 9.53 Å². The second-order valence-electron chi connectivity index (χ2n) is 9.10. The number of benzene rings is 2. The molecule has 2 aliphatic rings. The van der Waals surface area contributed by atoms with E-state index < -0.39 is 5.60 Å². The van der Waals surface area contributed by atoms with E-state index in [9.17, 15) is 4.79 Å². The van der Waals surface area contributed by atoms with Crippen molar-refractivity contribution in [2.45, 2.75) is 51.6 Å². The third-order valence-corrected chi connectivity index (χ3v) is 5.87. The Kier molecular flexibility index (Phi) is 4.49. The lowest BCUT2D eigenvalue weighted by Gasteiger charge is -2.40. The van der Waals surface area contributed by atoms with Crippen LogP contribution in [-0.4, -0.2) is 29.7 Å². The normalized spacial score (nSPS) is 21.1. The summed E-state index contributed by atoms with van der Waals surface area (Å²) in [5, 5.41) is 0. The van der Waals surface area contributed by atoms with Crippen molar-refractivity contribution >= 4 is 6.09 Å². The third kappa shape index (κ3) is 3.87. The SMILES string of the molecule is CC(C)(C)OC(=O)N1CC[C@H](c2cccc(-c3ccccc3)c2)C2(CC2)C1. The number of rotatable bonds is 2. The summed E-state index contributed by atoms with van der Waals surface area (Å²) in [6.45, 7) is 7.39. The molecule has 2 fully saturated rings. The number of carbonyl (C=O) groups is 1. The average molecular weight is 364 g/mol. The van der Waals surface area contributed by atoms with Crippen molar-refractivity contribution in [1.29, 1.82) is 0 Å².